The van der Waals surface area contributed by atoms with E-state index in [9.17, 15) is 9.59 Å². The number of benzene rings is 1. The predicted octanol–water partition coefficient (Wildman–Crippen LogP) is 4.57. The van der Waals surface area contributed by atoms with Gasteiger partial charge >= 0.3 is 0 Å². The molecule has 3 heterocycles. The summed E-state index contributed by atoms with van der Waals surface area (Å²) in [4.78, 5) is 33.9. The number of anilines is 1. The fourth-order valence-corrected chi connectivity index (χ4v) is 4.61. The van der Waals surface area contributed by atoms with Gasteiger partial charge in [0.15, 0.2) is 12.3 Å². The number of rotatable bonds is 8. The van der Waals surface area contributed by atoms with Gasteiger partial charge in [-0.15, -0.1) is 11.3 Å². The number of carbonyl (C=O) groups is 2. The summed E-state index contributed by atoms with van der Waals surface area (Å²) >= 11 is 1.69. The van der Waals surface area contributed by atoms with Crippen LogP contribution in [0.3, 0.4) is 0 Å². The maximum atomic E-state index is 12.8. The summed E-state index contributed by atoms with van der Waals surface area (Å²) < 4.78 is 2.13. The molecule has 1 aromatic carbocycles. The van der Waals surface area contributed by atoms with Crippen molar-refractivity contribution in [1.29, 1.82) is 0 Å². The molecule has 4 rings (SSSR count). The van der Waals surface area contributed by atoms with Gasteiger partial charge in [0.25, 0.3) is 5.91 Å². The SMILES string of the molecule is CCCN1C(=O)/C(=N\OCC(=O)c2cc(C)n(Cc3cccs3)c2C)c2ccccc21. The molecule has 0 bridgehead atoms. The Bertz CT molecular complexity index is 1150. The third kappa shape index (κ3) is 4.05. The molecule has 0 radical (unpaired) electrons. The average molecular weight is 436 g/mol. The zero-order chi connectivity index (χ0) is 22.0. The predicted molar refractivity (Wildman–Crippen MR) is 123 cm³/mol. The maximum absolute atomic E-state index is 12.8. The minimum atomic E-state index is -0.212. The van der Waals surface area contributed by atoms with Crippen LogP contribution in [0.1, 0.15) is 45.5 Å². The van der Waals surface area contributed by atoms with Gasteiger partial charge in [0, 0.05) is 33.9 Å². The van der Waals surface area contributed by atoms with E-state index >= 15 is 0 Å². The highest BCUT2D eigenvalue weighted by molar-refractivity contribution is 7.09. The molecule has 0 aliphatic carbocycles. The molecular weight excluding hydrogens is 410 g/mol. The molecule has 0 saturated heterocycles. The number of aryl methyl sites for hydroxylation is 1. The number of aromatic nitrogens is 1. The molecule has 0 unspecified atom stereocenters. The molecular formula is C24H25N3O3S. The van der Waals surface area contributed by atoms with Gasteiger partial charge < -0.3 is 14.3 Å². The number of nitrogens with zero attached hydrogens (tertiary/aromatic N) is 3. The average Bonchev–Trinajstić information content (AvgIpc) is 3.44. The Morgan fingerprint density at radius 3 is 2.71 bits per heavy atom. The summed E-state index contributed by atoms with van der Waals surface area (Å²) in [6.45, 7) is 7.10. The number of carbonyl (C=O) groups excluding carboxylic acids is 2. The molecule has 1 amide bonds. The Morgan fingerprint density at radius 1 is 1.16 bits per heavy atom. The first kappa shape index (κ1) is 21.1. The summed E-state index contributed by atoms with van der Waals surface area (Å²) in [6, 6.07) is 13.5. The van der Waals surface area contributed by atoms with E-state index in [-0.39, 0.29) is 24.0 Å². The first-order valence-electron chi connectivity index (χ1n) is 10.3. The number of ketones is 1. The van der Waals surface area contributed by atoms with Gasteiger partial charge in [0.05, 0.1) is 12.2 Å². The summed E-state index contributed by atoms with van der Waals surface area (Å²) in [5, 5.41) is 6.11. The monoisotopic (exact) mass is 435 g/mol. The zero-order valence-corrected chi connectivity index (χ0v) is 18.7. The van der Waals surface area contributed by atoms with Crippen LogP contribution in [0.25, 0.3) is 0 Å². The van der Waals surface area contributed by atoms with E-state index in [1.807, 2.05) is 62.5 Å². The van der Waals surface area contributed by atoms with Gasteiger partial charge in [0.1, 0.15) is 0 Å². The molecule has 2 aromatic heterocycles. The fourth-order valence-electron chi connectivity index (χ4n) is 3.91. The second kappa shape index (κ2) is 8.89. The number of amides is 1. The molecule has 0 fully saturated rings. The number of fused-ring (bicyclic) bond motifs is 1. The Balaban J connectivity index is 1.48. The van der Waals surface area contributed by atoms with E-state index in [0.29, 0.717) is 12.1 Å². The van der Waals surface area contributed by atoms with Crippen LogP contribution < -0.4 is 4.90 Å². The van der Waals surface area contributed by atoms with Crippen molar-refractivity contribution in [2.75, 3.05) is 18.1 Å². The first-order chi connectivity index (χ1) is 15.0. The van der Waals surface area contributed by atoms with Crippen molar-refractivity contribution in [1.82, 2.24) is 4.57 Å². The standard InChI is InChI=1S/C24H25N3O3S/c1-4-11-26-21-10-6-5-9-19(21)23(24(26)29)25-30-15-22(28)20-13-16(2)27(17(20)3)14-18-8-7-12-31-18/h5-10,12-13H,4,11,14-15H2,1-3H3/b25-23-. The van der Waals surface area contributed by atoms with Crippen LogP contribution >= 0.6 is 11.3 Å². The lowest BCUT2D eigenvalue weighted by molar-refractivity contribution is -0.112. The number of Topliss-reactive ketones (excluding diaryl/α,β-unsaturated/α-hetero) is 1. The fraction of sp³-hybridized carbons (Fsp3) is 0.292. The minimum absolute atomic E-state index is 0.154. The lowest BCUT2D eigenvalue weighted by Gasteiger charge is -2.14. The minimum Gasteiger partial charge on any atom is -0.387 e. The highest BCUT2D eigenvalue weighted by Gasteiger charge is 2.33. The van der Waals surface area contributed by atoms with Crippen molar-refractivity contribution in [3.05, 3.63) is 75.2 Å². The largest absolute Gasteiger partial charge is 0.387 e. The molecule has 160 valence electrons. The zero-order valence-electron chi connectivity index (χ0n) is 17.9. The molecule has 1 aliphatic rings. The first-order valence-corrected chi connectivity index (χ1v) is 11.2. The van der Waals surface area contributed by atoms with Gasteiger partial charge in [-0.3, -0.25) is 9.59 Å². The Kier molecular flexibility index (Phi) is 6.04. The van der Waals surface area contributed by atoms with Crippen molar-refractivity contribution >= 4 is 34.4 Å². The highest BCUT2D eigenvalue weighted by atomic mass is 32.1. The van der Waals surface area contributed by atoms with Crippen molar-refractivity contribution in [3.63, 3.8) is 0 Å². The van der Waals surface area contributed by atoms with E-state index in [2.05, 4.69) is 15.8 Å². The van der Waals surface area contributed by atoms with Gasteiger partial charge in [-0.05, 0) is 43.8 Å². The Hall–Kier alpha value is -3.19. The highest BCUT2D eigenvalue weighted by Crippen LogP contribution is 2.29. The van der Waals surface area contributed by atoms with Crippen molar-refractivity contribution < 1.29 is 14.4 Å². The molecule has 31 heavy (non-hydrogen) atoms. The smallest absolute Gasteiger partial charge is 0.281 e. The van der Waals surface area contributed by atoms with E-state index in [1.165, 1.54) is 4.88 Å². The van der Waals surface area contributed by atoms with Crippen molar-refractivity contribution in [3.8, 4) is 0 Å². The van der Waals surface area contributed by atoms with Crippen LogP contribution in [0, 0.1) is 13.8 Å². The van der Waals surface area contributed by atoms with Gasteiger partial charge in [0.2, 0.25) is 5.78 Å². The lowest BCUT2D eigenvalue weighted by atomic mass is 10.1. The third-order valence-corrected chi connectivity index (χ3v) is 6.33. The number of hydrogen-bond acceptors (Lipinski definition) is 5. The van der Waals surface area contributed by atoms with E-state index in [0.717, 1.165) is 35.6 Å². The third-order valence-electron chi connectivity index (χ3n) is 5.46. The number of oxime groups is 1. The van der Waals surface area contributed by atoms with Gasteiger partial charge in [-0.1, -0.05) is 36.3 Å². The van der Waals surface area contributed by atoms with Crippen LogP contribution in [0.2, 0.25) is 0 Å². The molecule has 1 aliphatic heterocycles. The summed E-state index contributed by atoms with van der Waals surface area (Å²) in [7, 11) is 0. The van der Waals surface area contributed by atoms with Crippen LogP contribution in [0.5, 0.6) is 0 Å². The van der Waals surface area contributed by atoms with Gasteiger partial charge in [-0.2, -0.15) is 0 Å². The topological polar surface area (TPSA) is 63.9 Å². The van der Waals surface area contributed by atoms with Gasteiger partial charge in [-0.25, -0.2) is 0 Å². The van der Waals surface area contributed by atoms with E-state index in [1.54, 1.807) is 16.2 Å². The van der Waals surface area contributed by atoms with Crippen LogP contribution in [-0.2, 0) is 16.2 Å². The second-order valence-electron chi connectivity index (χ2n) is 7.56. The molecule has 0 N–H and O–H groups in total. The van der Waals surface area contributed by atoms with Crippen LogP contribution in [0.15, 0.2) is 53.0 Å². The quantitative estimate of drug-likeness (QED) is 0.384. The van der Waals surface area contributed by atoms with Crippen LogP contribution in [0.4, 0.5) is 5.69 Å². The number of para-hydroxylation sites is 1. The number of hydrogen-bond donors (Lipinski definition) is 0. The molecule has 0 saturated carbocycles. The molecule has 7 heteroatoms. The molecule has 0 atom stereocenters. The molecule has 6 nitrogen and oxygen atoms in total. The van der Waals surface area contributed by atoms with Crippen molar-refractivity contribution in [2.24, 2.45) is 5.16 Å². The van der Waals surface area contributed by atoms with Crippen molar-refractivity contribution in [2.45, 2.75) is 33.7 Å². The molecule has 0 spiro atoms. The summed E-state index contributed by atoms with van der Waals surface area (Å²) in [5.74, 6) is -0.344. The van der Waals surface area contributed by atoms with Crippen LogP contribution in [-0.4, -0.2) is 35.1 Å². The Labute approximate surface area is 185 Å². The van der Waals surface area contributed by atoms with E-state index in [4.69, 9.17) is 4.84 Å². The lowest BCUT2D eigenvalue weighted by Crippen LogP contribution is -2.30. The maximum Gasteiger partial charge on any atom is 0.281 e. The summed E-state index contributed by atoms with van der Waals surface area (Å²) in [5.41, 5.74) is 4.38. The Morgan fingerprint density at radius 2 is 1.97 bits per heavy atom. The molecule has 3 aromatic rings. The normalized spacial score (nSPS) is 14.4. The second-order valence-corrected chi connectivity index (χ2v) is 8.59. The van der Waals surface area contributed by atoms with E-state index < -0.39 is 0 Å². The summed E-state index contributed by atoms with van der Waals surface area (Å²) in [6.07, 6.45) is 0.841. The number of thiophene rings is 1.